The summed E-state index contributed by atoms with van der Waals surface area (Å²) < 4.78 is 38.5. The third-order valence-electron chi connectivity index (χ3n) is 3.81. The second kappa shape index (κ2) is 4.79. The first kappa shape index (κ1) is 13.5. The predicted octanol–water partition coefficient (Wildman–Crippen LogP) is 3.14. The molecule has 0 amide bonds. The summed E-state index contributed by atoms with van der Waals surface area (Å²) in [4.78, 5) is 7.56. The normalized spacial score (nSPS) is 19.2. The molecule has 0 aliphatic heterocycles. The summed E-state index contributed by atoms with van der Waals surface area (Å²) in [6.07, 6.45) is 0.169. The van der Waals surface area contributed by atoms with Gasteiger partial charge in [-0.15, -0.1) is 0 Å². The van der Waals surface area contributed by atoms with Crippen molar-refractivity contribution in [3.8, 4) is 0 Å². The lowest BCUT2D eigenvalue weighted by Gasteiger charge is -2.19. The fraction of sp³-hybridized carbons (Fsp3) is 0.692. The van der Waals surface area contributed by atoms with Crippen LogP contribution < -0.4 is 10.6 Å². The monoisotopic (exact) mass is 286 g/mol. The molecule has 0 unspecified atom stereocenters. The minimum Gasteiger partial charge on any atom is -0.367 e. The van der Waals surface area contributed by atoms with Crippen LogP contribution in [0.1, 0.15) is 31.4 Å². The average molecular weight is 286 g/mol. The van der Waals surface area contributed by atoms with Crippen molar-refractivity contribution in [1.29, 1.82) is 0 Å². The number of nitrogens with zero attached hydrogens (tertiary/aromatic N) is 2. The molecule has 20 heavy (non-hydrogen) atoms. The van der Waals surface area contributed by atoms with Crippen LogP contribution in [0.3, 0.4) is 0 Å². The highest BCUT2D eigenvalue weighted by molar-refractivity contribution is 5.44. The van der Waals surface area contributed by atoms with Crippen LogP contribution in [0.4, 0.5) is 24.9 Å². The van der Waals surface area contributed by atoms with Gasteiger partial charge in [-0.05, 0) is 37.5 Å². The zero-order valence-corrected chi connectivity index (χ0v) is 11.2. The van der Waals surface area contributed by atoms with Crippen LogP contribution in [0.5, 0.6) is 0 Å². The van der Waals surface area contributed by atoms with Gasteiger partial charge in [0.15, 0.2) is 5.69 Å². The van der Waals surface area contributed by atoms with Gasteiger partial charge in [0, 0.05) is 19.2 Å². The Morgan fingerprint density at radius 1 is 1.15 bits per heavy atom. The maximum Gasteiger partial charge on any atom is 0.433 e. The van der Waals surface area contributed by atoms with E-state index in [1.54, 1.807) is 0 Å². The fourth-order valence-corrected chi connectivity index (χ4v) is 2.48. The molecule has 2 aliphatic rings. The van der Waals surface area contributed by atoms with E-state index in [1.807, 2.05) is 0 Å². The summed E-state index contributed by atoms with van der Waals surface area (Å²) in [5.41, 5.74) is -0.912. The smallest absolute Gasteiger partial charge is 0.367 e. The van der Waals surface area contributed by atoms with Crippen molar-refractivity contribution < 1.29 is 13.2 Å². The van der Waals surface area contributed by atoms with Gasteiger partial charge in [0.05, 0.1) is 0 Å². The molecule has 0 spiro atoms. The van der Waals surface area contributed by atoms with E-state index < -0.39 is 11.9 Å². The molecule has 1 aromatic heterocycles. The Hall–Kier alpha value is -1.53. The second-order valence-corrected chi connectivity index (χ2v) is 5.55. The number of hydrogen-bond donors (Lipinski definition) is 2. The Bertz CT molecular complexity index is 483. The maximum absolute atomic E-state index is 12.8. The van der Waals surface area contributed by atoms with Crippen molar-refractivity contribution in [2.24, 2.45) is 11.8 Å². The van der Waals surface area contributed by atoms with Gasteiger partial charge in [0.25, 0.3) is 0 Å². The molecule has 0 radical (unpaired) electrons. The summed E-state index contributed by atoms with van der Waals surface area (Å²) in [5.74, 6) is 1.43. The molecule has 1 aromatic rings. The van der Waals surface area contributed by atoms with Gasteiger partial charge >= 0.3 is 6.18 Å². The number of rotatable bonds is 5. The van der Waals surface area contributed by atoms with Crippen LogP contribution in [0.2, 0.25) is 0 Å². The zero-order chi connectivity index (χ0) is 14.3. The Kier molecular flexibility index (Phi) is 3.22. The second-order valence-electron chi connectivity index (χ2n) is 5.55. The lowest BCUT2D eigenvalue weighted by atomic mass is 10.1. The first-order valence-electron chi connectivity index (χ1n) is 6.88. The van der Waals surface area contributed by atoms with Crippen molar-refractivity contribution in [2.75, 3.05) is 17.7 Å². The van der Waals surface area contributed by atoms with Crippen LogP contribution in [0.25, 0.3) is 0 Å². The van der Waals surface area contributed by atoms with Crippen LogP contribution in [-0.2, 0) is 6.18 Å². The van der Waals surface area contributed by atoms with E-state index in [9.17, 15) is 13.2 Å². The number of hydrogen-bond acceptors (Lipinski definition) is 4. The molecule has 0 aromatic carbocycles. The molecular formula is C13H17F3N4. The molecule has 7 heteroatoms. The van der Waals surface area contributed by atoms with Gasteiger partial charge in [-0.25, -0.2) is 4.98 Å². The van der Waals surface area contributed by atoms with Crippen molar-refractivity contribution in [1.82, 2.24) is 9.97 Å². The van der Waals surface area contributed by atoms with E-state index in [4.69, 9.17) is 0 Å². The Morgan fingerprint density at radius 2 is 1.75 bits per heavy atom. The van der Waals surface area contributed by atoms with E-state index in [1.165, 1.54) is 7.05 Å². The first-order chi connectivity index (χ1) is 9.47. The number of alkyl halides is 3. The molecule has 4 nitrogen and oxygen atoms in total. The minimum absolute atomic E-state index is 0.00679. The summed E-state index contributed by atoms with van der Waals surface area (Å²) in [5, 5.41) is 5.78. The van der Waals surface area contributed by atoms with E-state index in [2.05, 4.69) is 20.6 Å². The molecule has 0 bridgehead atoms. The van der Waals surface area contributed by atoms with Gasteiger partial charge < -0.3 is 10.6 Å². The average Bonchev–Trinajstić information content (AvgIpc) is 3.27. The van der Waals surface area contributed by atoms with E-state index >= 15 is 0 Å². The topological polar surface area (TPSA) is 49.8 Å². The third-order valence-corrected chi connectivity index (χ3v) is 3.81. The Labute approximate surface area is 115 Å². The minimum atomic E-state index is -4.46. The third kappa shape index (κ3) is 2.96. The molecule has 110 valence electrons. The molecule has 2 aliphatic carbocycles. The molecule has 2 saturated carbocycles. The molecule has 3 rings (SSSR count). The van der Waals surface area contributed by atoms with Crippen molar-refractivity contribution in [3.05, 3.63) is 11.8 Å². The number of aromatic nitrogens is 2. The van der Waals surface area contributed by atoms with E-state index in [0.717, 1.165) is 31.7 Å². The highest BCUT2D eigenvalue weighted by Crippen LogP contribution is 2.46. The largest absolute Gasteiger partial charge is 0.433 e. The quantitative estimate of drug-likeness (QED) is 0.873. The summed E-state index contributed by atoms with van der Waals surface area (Å²) in [6, 6.07) is 1.26. The van der Waals surface area contributed by atoms with Crippen LogP contribution in [-0.4, -0.2) is 23.1 Å². The Balaban J connectivity index is 1.83. The highest BCUT2D eigenvalue weighted by atomic mass is 19.4. The van der Waals surface area contributed by atoms with Crippen molar-refractivity contribution in [3.63, 3.8) is 0 Å². The zero-order valence-electron chi connectivity index (χ0n) is 11.2. The molecule has 0 atom stereocenters. The number of nitrogens with one attached hydrogen (secondary N) is 2. The summed E-state index contributed by atoms with van der Waals surface area (Å²) in [6.45, 7) is 0. The van der Waals surface area contributed by atoms with Crippen LogP contribution in [0, 0.1) is 11.8 Å². The van der Waals surface area contributed by atoms with Crippen molar-refractivity contribution in [2.45, 2.75) is 37.9 Å². The lowest BCUT2D eigenvalue weighted by molar-refractivity contribution is -0.141. The Morgan fingerprint density at radius 3 is 2.20 bits per heavy atom. The fourth-order valence-electron chi connectivity index (χ4n) is 2.48. The van der Waals surface area contributed by atoms with Gasteiger partial charge in [-0.2, -0.15) is 18.2 Å². The highest BCUT2D eigenvalue weighted by Gasteiger charge is 2.42. The molecular weight excluding hydrogens is 269 g/mol. The van der Waals surface area contributed by atoms with Gasteiger partial charge in [0.1, 0.15) is 5.82 Å². The van der Waals surface area contributed by atoms with Crippen LogP contribution in [0.15, 0.2) is 6.07 Å². The van der Waals surface area contributed by atoms with Gasteiger partial charge in [-0.3, -0.25) is 0 Å². The molecule has 2 fully saturated rings. The first-order valence-corrected chi connectivity index (χ1v) is 6.88. The van der Waals surface area contributed by atoms with Gasteiger partial charge in [0.2, 0.25) is 5.95 Å². The number of anilines is 2. The molecule has 2 N–H and O–H groups in total. The lowest BCUT2D eigenvalue weighted by Crippen LogP contribution is -2.25. The predicted molar refractivity (Wildman–Crippen MR) is 69.4 cm³/mol. The van der Waals surface area contributed by atoms with Crippen LogP contribution >= 0.6 is 0 Å². The van der Waals surface area contributed by atoms with E-state index in [0.29, 0.717) is 11.8 Å². The number of halogens is 3. The summed E-state index contributed by atoms with van der Waals surface area (Å²) in [7, 11) is 1.51. The molecule has 1 heterocycles. The standard InChI is InChI=1S/C13H17F3N4/c1-17-12-18-9(13(14,15)16)6-10(20-12)19-11(7-2-3-7)8-4-5-8/h6-8,11H,2-5H2,1H3,(H2,17,18,19,20). The van der Waals surface area contributed by atoms with Crippen molar-refractivity contribution >= 4 is 11.8 Å². The maximum atomic E-state index is 12.8. The van der Waals surface area contributed by atoms with E-state index in [-0.39, 0.29) is 17.8 Å². The molecule has 0 saturated heterocycles. The summed E-state index contributed by atoms with van der Waals surface area (Å²) >= 11 is 0. The van der Waals surface area contributed by atoms with Gasteiger partial charge in [-0.1, -0.05) is 0 Å². The SMILES string of the molecule is CNc1nc(NC(C2CC2)C2CC2)cc(C(F)(F)F)n1.